The van der Waals surface area contributed by atoms with Gasteiger partial charge in [-0.05, 0) is 36.5 Å². The van der Waals surface area contributed by atoms with Gasteiger partial charge in [-0.15, -0.1) is 0 Å². The van der Waals surface area contributed by atoms with E-state index in [0.717, 1.165) is 18.4 Å². The lowest BCUT2D eigenvalue weighted by Crippen LogP contribution is -2.28. The number of ether oxygens (including phenoxy) is 1. The molecule has 0 radical (unpaired) electrons. The second-order valence-corrected chi connectivity index (χ2v) is 7.08. The van der Waals surface area contributed by atoms with E-state index in [0.29, 0.717) is 29.7 Å². The zero-order valence-electron chi connectivity index (χ0n) is 11.7. The van der Waals surface area contributed by atoms with Gasteiger partial charge < -0.3 is 4.74 Å². The number of hydrogen-bond donors (Lipinski definition) is 0. The minimum atomic E-state index is -3.43. The van der Waals surface area contributed by atoms with Crippen LogP contribution in [0.5, 0.6) is 5.75 Å². The van der Waals surface area contributed by atoms with E-state index in [1.54, 1.807) is 16.4 Å². The molecule has 0 saturated carbocycles. The molecule has 0 spiro atoms. The quantitative estimate of drug-likeness (QED) is 0.853. The summed E-state index contributed by atoms with van der Waals surface area (Å²) in [6.07, 6.45) is 1.87. The van der Waals surface area contributed by atoms with Gasteiger partial charge in [0.2, 0.25) is 10.0 Å². The minimum absolute atomic E-state index is 0.290. The summed E-state index contributed by atoms with van der Waals surface area (Å²) in [5, 5.41) is 0. The van der Waals surface area contributed by atoms with Crippen molar-refractivity contribution in [3.05, 3.63) is 23.8 Å². The standard InChI is InChI=1S/C14H21NO3S/c1-11(2)12-6-7-13(18-3)14(10-12)19(16,17)15-8-4-5-9-15/h6-7,10-11H,4-5,8-9H2,1-3H3. The molecule has 1 fully saturated rings. The Bertz CT molecular complexity index is 546. The third kappa shape index (κ3) is 2.77. The first-order chi connectivity index (χ1) is 8.96. The first kappa shape index (κ1) is 14.3. The van der Waals surface area contributed by atoms with Crippen molar-refractivity contribution < 1.29 is 13.2 Å². The van der Waals surface area contributed by atoms with Gasteiger partial charge in [-0.2, -0.15) is 4.31 Å². The molecule has 0 bridgehead atoms. The van der Waals surface area contributed by atoms with Crippen LogP contribution in [0.15, 0.2) is 23.1 Å². The second-order valence-electron chi connectivity index (χ2n) is 5.18. The van der Waals surface area contributed by atoms with Crippen LogP contribution in [-0.2, 0) is 10.0 Å². The minimum Gasteiger partial charge on any atom is -0.495 e. The maximum Gasteiger partial charge on any atom is 0.246 e. The van der Waals surface area contributed by atoms with Gasteiger partial charge in [0.15, 0.2) is 0 Å². The molecule has 0 unspecified atom stereocenters. The molecule has 19 heavy (non-hydrogen) atoms. The van der Waals surface area contributed by atoms with Crippen molar-refractivity contribution >= 4 is 10.0 Å². The Balaban J connectivity index is 2.49. The maximum atomic E-state index is 12.6. The normalized spacial score (nSPS) is 17.1. The first-order valence-electron chi connectivity index (χ1n) is 6.65. The molecule has 5 heteroatoms. The molecule has 0 amide bonds. The molecule has 106 valence electrons. The number of hydrogen-bond acceptors (Lipinski definition) is 3. The van der Waals surface area contributed by atoms with E-state index in [4.69, 9.17) is 4.74 Å². The van der Waals surface area contributed by atoms with Gasteiger partial charge in [0.05, 0.1) is 7.11 Å². The van der Waals surface area contributed by atoms with Gasteiger partial charge in [0.25, 0.3) is 0 Å². The topological polar surface area (TPSA) is 46.6 Å². The lowest BCUT2D eigenvalue weighted by Gasteiger charge is -2.19. The van der Waals surface area contributed by atoms with Gasteiger partial charge in [0.1, 0.15) is 10.6 Å². The van der Waals surface area contributed by atoms with Gasteiger partial charge in [-0.1, -0.05) is 19.9 Å². The third-order valence-corrected chi connectivity index (χ3v) is 5.46. The number of rotatable bonds is 4. The fourth-order valence-electron chi connectivity index (χ4n) is 2.32. The fraction of sp³-hybridized carbons (Fsp3) is 0.571. The summed E-state index contributed by atoms with van der Waals surface area (Å²) in [7, 11) is -1.92. The smallest absolute Gasteiger partial charge is 0.246 e. The predicted molar refractivity (Wildman–Crippen MR) is 75.1 cm³/mol. The van der Waals surface area contributed by atoms with E-state index in [1.807, 2.05) is 19.9 Å². The molecule has 0 N–H and O–H groups in total. The number of methoxy groups -OCH3 is 1. The van der Waals surface area contributed by atoms with E-state index < -0.39 is 10.0 Å². The fourth-order valence-corrected chi connectivity index (χ4v) is 4.03. The summed E-state index contributed by atoms with van der Waals surface area (Å²) >= 11 is 0. The Morgan fingerprint density at radius 3 is 2.37 bits per heavy atom. The summed E-state index contributed by atoms with van der Waals surface area (Å²) in [5.74, 6) is 0.717. The second kappa shape index (κ2) is 5.51. The van der Waals surface area contributed by atoms with E-state index in [1.165, 1.54) is 7.11 Å². The maximum absolute atomic E-state index is 12.6. The van der Waals surface area contributed by atoms with Crippen LogP contribution in [0.3, 0.4) is 0 Å². The van der Waals surface area contributed by atoms with Gasteiger partial charge in [-0.25, -0.2) is 8.42 Å². The molecule has 0 aliphatic carbocycles. The van der Waals surface area contributed by atoms with Crippen LogP contribution < -0.4 is 4.74 Å². The van der Waals surface area contributed by atoms with E-state index in [9.17, 15) is 8.42 Å². The van der Waals surface area contributed by atoms with Crippen molar-refractivity contribution in [2.75, 3.05) is 20.2 Å². The first-order valence-corrected chi connectivity index (χ1v) is 8.09. The summed E-state index contributed by atoms with van der Waals surface area (Å²) in [5.41, 5.74) is 1.01. The van der Waals surface area contributed by atoms with Crippen molar-refractivity contribution in [1.29, 1.82) is 0 Å². The Hall–Kier alpha value is -1.07. The Kier molecular flexibility index (Phi) is 4.16. The molecule has 0 atom stereocenters. The van der Waals surface area contributed by atoms with Crippen LogP contribution in [0.25, 0.3) is 0 Å². The Morgan fingerprint density at radius 1 is 1.21 bits per heavy atom. The highest BCUT2D eigenvalue weighted by Gasteiger charge is 2.30. The van der Waals surface area contributed by atoms with Gasteiger partial charge in [-0.3, -0.25) is 0 Å². The van der Waals surface area contributed by atoms with Crippen LogP contribution in [0.2, 0.25) is 0 Å². The highest BCUT2D eigenvalue weighted by atomic mass is 32.2. The predicted octanol–water partition coefficient (Wildman–Crippen LogP) is 2.60. The lowest BCUT2D eigenvalue weighted by atomic mass is 10.0. The van der Waals surface area contributed by atoms with Crippen molar-refractivity contribution in [1.82, 2.24) is 4.31 Å². The van der Waals surface area contributed by atoms with E-state index >= 15 is 0 Å². The molecule has 1 aliphatic heterocycles. The largest absolute Gasteiger partial charge is 0.495 e. The molecule has 1 heterocycles. The van der Waals surface area contributed by atoms with Crippen LogP contribution in [0, 0.1) is 0 Å². The molecular weight excluding hydrogens is 262 g/mol. The van der Waals surface area contributed by atoms with Crippen LogP contribution >= 0.6 is 0 Å². The zero-order chi connectivity index (χ0) is 14.0. The van der Waals surface area contributed by atoms with Gasteiger partial charge >= 0.3 is 0 Å². The zero-order valence-corrected chi connectivity index (χ0v) is 12.5. The van der Waals surface area contributed by atoms with E-state index in [2.05, 4.69) is 0 Å². The lowest BCUT2D eigenvalue weighted by molar-refractivity contribution is 0.398. The van der Waals surface area contributed by atoms with Crippen LogP contribution in [0.1, 0.15) is 38.2 Å². The van der Waals surface area contributed by atoms with Crippen molar-refractivity contribution in [2.24, 2.45) is 0 Å². The van der Waals surface area contributed by atoms with Crippen molar-refractivity contribution in [3.8, 4) is 5.75 Å². The summed E-state index contributed by atoms with van der Waals surface area (Å²) in [6, 6.07) is 5.42. The number of nitrogens with zero attached hydrogens (tertiary/aromatic N) is 1. The molecular formula is C14H21NO3S. The third-order valence-electron chi connectivity index (χ3n) is 3.54. The molecule has 4 nitrogen and oxygen atoms in total. The van der Waals surface area contributed by atoms with Crippen LogP contribution in [-0.4, -0.2) is 32.9 Å². The van der Waals surface area contributed by atoms with E-state index in [-0.39, 0.29) is 0 Å². The molecule has 1 aromatic rings. The molecule has 2 rings (SSSR count). The molecule has 1 aromatic carbocycles. The number of benzene rings is 1. The Labute approximate surface area is 115 Å². The Morgan fingerprint density at radius 2 is 1.84 bits per heavy atom. The summed E-state index contributed by atoms with van der Waals surface area (Å²) < 4.78 is 32.0. The summed E-state index contributed by atoms with van der Waals surface area (Å²) in [4.78, 5) is 0.295. The molecule has 1 aliphatic rings. The number of sulfonamides is 1. The monoisotopic (exact) mass is 283 g/mol. The highest BCUT2D eigenvalue weighted by molar-refractivity contribution is 7.89. The average Bonchev–Trinajstić information content (AvgIpc) is 2.92. The molecule has 1 saturated heterocycles. The van der Waals surface area contributed by atoms with Crippen LogP contribution in [0.4, 0.5) is 0 Å². The average molecular weight is 283 g/mol. The van der Waals surface area contributed by atoms with Crippen molar-refractivity contribution in [2.45, 2.75) is 37.5 Å². The van der Waals surface area contributed by atoms with Crippen molar-refractivity contribution in [3.63, 3.8) is 0 Å². The summed E-state index contributed by atoms with van der Waals surface area (Å²) in [6.45, 7) is 5.32. The SMILES string of the molecule is COc1ccc(C(C)C)cc1S(=O)(=O)N1CCCC1. The molecule has 0 aromatic heterocycles. The van der Waals surface area contributed by atoms with Gasteiger partial charge in [0, 0.05) is 13.1 Å². The highest BCUT2D eigenvalue weighted by Crippen LogP contribution is 2.31.